The summed E-state index contributed by atoms with van der Waals surface area (Å²) in [6.07, 6.45) is 4.65. The maximum absolute atomic E-state index is 14.0. The molecule has 6 nitrogen and oxygen atoms in total. The number of unbranched alkanes of at least 4 members (excludes halogenated alkanes) is 3. The number of para-hydroxylation sites is 3. The molecule has 1 aromatic heterocycles. The molecule has 3 aromatic carbocycles. The van der Waals surface area contributed by atoms with Crippen molar-refractivity contribution in [3.63, 3.8) is 0 Å². The smallest absolute Gasteiger partial charge is 0.266 e. The summed E-state index contributed by atoms with van der Waals surface area (Å²) in [7, 11) is 1.58. The zero-order valence-corrected chi connectivity index (χ0v) is 22.9. The molecule has 38 heavy (non-hydrogen) atoms. The molecule has 0 aliphatic rings. The highest BCUT2D eigenvalue weighted by Crippen LogP contribution is 2.31. The molecule has 0 spiro atoms. The Morgan fingerprint density at radius 1 is 0.974 bits per heavy atom. The minimum absolute atomic E-state index is 0.112. The first-order valence-electron chi connectivity index (χ1n) is 13.2. The van der Waals surface area contributed by atoms with E-state index in [4.69, 9.17) is 21.3 Å². The van der Waals surface area contributed by atoms with Crippen LogP contribution in [0.5, 0.6) is 5.75 Å². The molecule has 0 bridgehead atoms. The molecule has 1 amide bonds. The maximum Gasteiger partial charge on any atom is 0.266 e. The Hall–Kier alpha value is -3.64. The first-order valence-corrected chi connectivity index (χ1v) is 13.6. The quantitative estimate of drug-likeness (QED) is 0.192. The van der Waals surface area contributed by atoms with Gasteiger partial charge in [-0.1, -0.05) is 69.0 Å². The van der Waals surface area contributed by atoms with Gasteiger partial charge in [0, 0.05) is 17.1 Å². The Morgan fingerprint density at radius 3 is 2.39 bits per heavy atom. The summed E-state index contributed by atoms with van der Waals surface area (Å²) < 4.78 is 7.25. The van der Waals surface area contributed by atoms with Gasteiger partial charge in [0.2, 0.25) is 0 Å². The van der Waals surface area contributed by atoms with E-state index < -0.39 is 6.04 Å². The zero-order chi connectivity index (χ0) is 27.1. The second-order valence-corrected chi connectivity index (χ2v) is 9.73. The van der Waals surface area contributed by atoms with Crippen molar-refractivity contribution in [2.45, 2.75) is 52.0 Å². The number of hydrogen-bond acceptors (Lipinski definition) is 4. The highest BCUT2D eigenvalue weighted by molar-refractivity contribution is 6.30. The number of halogens is 1. The molecular weight excluding hydrogens is 498 g/mol. The number of ether oxygens (including phenoxy) is 1. The minimum Gasteiger partial charge on any atom is -0.495 e. The molecule has 0 radical (unpaired) electrons. The lowest BCUT2D eigenvalue weighted by Crippen LogP contribution is -2.39. The summed E-state index contributed by atoms with van der Waals surface area (Å²) in [5.74, 6) is 0.957. The van der Waals surface area contributed by atoms with Crippen LogP contribution in [0.25, 0.3) is 16.6 Å². The van der Waals surface area contributed by atoms with Crippen LogP contribution in [-0.4, -0.2) is 34.0 Å². The molecule has 4 aromatic rings. The molecule has 198 valence electrons. The van der Waals surface area contributed by atoms with Crippen molar-refractivity contribution in [1.29, 1.82) is 0 Å². The number of amides is 1. The third-order valence-corrected chi connectivity index (χ3v) is 7.05. The van der Waals surface area contributed by atoms with Crippen LogP contribution in [0.3, 0.4) is 0 Å². The van der Waals surface area contributed by atoms with E-state index in [-0.39, 0.29) is 11.5 Å². The van der Waals surface area contributed by atoms with Gasteiger partial charge in [-0.2, -0.15) is 0 Å². The first-order chi connectivity index (χ1) is 18.5. The van der Waals surface area contributed by atoms with Gasteiger partial charge in [-0.05, 0) is 61.4 Å². The van der Waals surface area contributed by atoms with Gasteiger partial charge in [-0.25, -0.2) is 4.98 Å². The zero-order valence-electron chi connectivity index (χ0n) is 22.2. The number of benzene rings is 3. The molecule has 0 fully saturated rings. The topological polar surface area (TPSA) is 64.4 Å². The lowest BCUT2D eigenvalue weighted by atomic mass is 10.1. The maximum atomic E-state index is 14.0. The number of methoxy groups -OCH3 is 1. The van der Waals surface area contributed by atoms with Crippen LogP contribution in [0.2, 0.25) is 5.02 Å². The summed E-state index contributed by atoms with van der Waals surface area (Å²) in [6.45, 7) is 4.73. The van der Waals surface area contributed by atoms with Gasteiger partial charge in [0.25, 0.3) is 11.5 Å². The molecule has 1 atom stereocenters. The van der Waals surface area contributed by atoms with Crippen molar-refractivity contribution in [2.75, 3.05) is 13.7 Å². The van der Waals surface area contributed by atoms with E-state index in [1.807, 2.05) is 54.3 Å². The molecule has 0 aliphatic heterocycles. The first kappa shape index (κ1) is 27.4. The third-order valence-electron chi connectivity index (χ3n) is 6.79. The van der Waals surface area contributed by atoms with Gasteiger partial charge in [-0.3, -0.25) is 14.2 Å². The summed E-state index contributed by atoms with van der Waals surface area (Å²) >= 11 is 6.11. The number of aromatic nitrogens is 2. The van der Waals surface area contributed by atoms with Crippen LogP contribution < -0.4 is 10.3 Å². The summed E-state index contributed by atoms with van der Waals surface area (Å²) in [6, 6.07) is 21.2. The predicted molar refractivity (Wildman–Crippen MR) is 154 cm³/mol. The molecule has 1 unspecified atom stereocenters. The average molecular weight is 532 g/mol. The Labute approximate surface area is 228 Å². The summed E-state index contributed by atoms with van der Waals surface area (Å²) in [5.41, 5.74) is 1.55. The molecule has 0 aliphatic carbocycles. The summed E-state index contributed by atoms with van der Waals surface area (Å²) in [5, 5.41) is 1.08. The molecule has 1 heterocycles. The molecule has 0 saturated carbocycles. The number of carbonyl (C=O) groups is 1. The van der Waals surface area contributed by atoms with E-state index in [2.05, 4.69) is 6.92 Å². The highest BCUT2D eigenvalue weighted by Gasteiger charge is 2.30. The van der Waals surface area contributed by atoms with Gasteiger partial charge < -0.3 is 9.64 Å². The lowest BCUT2D eigenvalue weighted by Gasteiger charge is -2.33. The lowest BCUT2D eigenvalue weighted by molar-refractivity contribution is 0.0654. The Kier molecular flexibility index (Phi) is 9.19. The Balaban J connectivity index is 1.92. The van der Waals surface area contributed by atoms with Crippen LogP contribution >= 0.6 is 11.6 Å². The second kappa shape index (κ2) is 12.7. The fourth-order valence-electron chi connectivity index (χ4n) is 4.83. The van der Waals surface area contributed by atoms with Crippen molar-refractivity contribution in [3.05, 3.63) is 99.6 Å². The molecule has 0 N–H and O–H groups in total. The van der Waals surface area contributed by atoms with Crippen LogP contribution in [0.15, 0.2) is 77.6 Å². The number of hydrogen-bond donors (Lipinski definition) is 0. The van der Waals surface area contributed by atoms with E-state index >= 15 is 0 Å². The standard InChI is InChI=1S/C31H34ClN3O3/c1-4-6-7-12-21-34(30(36)22-17-19-23(32)20-18-22)26(5-2)29-33-25-14-9-8-13-24(25)31(37)35(29)27-15-10-11-16-28(27)38-3/h8-11,13-20,26H,4-7,12,21H2,1-3H3. The van der Waals surface area contributed by atoms with Gasteiger partial charge in [0.1, 0.15) is 11.6 Å². The van der Waals surface area contributed by atoms with Crippen molar-refractivity contribution < 1.29 is 9.53 Å². The van der Waals surface area contributed by atoms with E-state index in [0.29, 0.717) is 51.7 Å². The SMILES string of the molecule is CCCCCCN(C(=O)c1ccc(Cl)cc1)C(CC)c1nc2ccccc2c(=O)n1-c1ccccc1OC. The third kappa shape index (κ3) is 5.76. The average Bonchev–Trinajstić information content (AvgIpc) is 2.95. The molecule has 4 rings (SSSR count). The predicted octanol–water partition coefficient (Wildman–Crippen LogP) is 7.22. The van der Waals surface area contributed by atoms with Crippen LogP contribution in [0.4, 0.5) is 0 Å². The monoisotopic (exact) mass is 531 g/mol. The van der Waals surface area contributed by atoms with E-state index in [1.165, 1.54) is 0 Å². The van der Waals surface area contributed by atoms with E-state index in [0.717, 1.165) is 25.7 Å². The van der Waals surface area contributed by atoms with E-state index in [1.54, 1.807) is 42.0 Å². The molecule has 0 saturated heterocycles. The van der Waals surface area contributed by atoms with Gasteiger partial charge >= 0.3 is 0 Å². The van der Waals surface area contributed by atoms with E-state index in [9.17, 15) is 9.59 Å². The fraction of sp³-hybridized carbons (Fsp3) is 0.323. The fourth-order valence-corrected chi connectivity index (χ4v) is 4.96. The van der Waals surface area contributed by atoms with Crippen LogP contribution in [0.1, 0.15) is 68.2 Å². The van der Waals surface area contributed by atoms with Crippen molar-refractivity contribution in [3.8, 4) is 11.4 Å². The molecular formula is C31H34ClN3O3. The largest absolute Gasteiger partial charge is 0.495 e. The minimum atomic E-state index is -0.443. The van der Waals surface area contributed by atoms with Crippen LogP contribution in [-0.2, 0) is 0 Å². The Morgan fingerprint density at radius 2 is 1.68 bits per heavy atom. The van der Waals surface area contributed by atoms with Crippen molar-refractivity contribution in [2.24, 2.45) is 0 Å². The van der Waals surface area contributed by atoms with Crippen LogP contribution in [0, 0.1) is 0 Å². The van der Waals surface area contributed by atoms with Gasteiger partial charge in [0.05, 0.1) is 29.7 Å². The number of fused-ring (bicyclic) bond motifs is 1. The van der Waals surface area contributed by atoms with Crippen molar-refractivity contribution >= 4 is 28.4 Å². The number of carbonyl (C=O) groups excluding carboxylic acids is 1. The Bertz CT molecular complexity index is 1450. The highest BCUT2D eigenvalue weighted by atomic mass is 35.5. The number of nitrogens with zero attached hydrogens (tertiary/aromatic N) is 3. The van der Waals surface area contributed by atoms with Gasteiger partial charge in [0.15, 0.2) is 0 Å². The number of rotatable bonds is 11. The van der Waals surface area contributed by atoms with Crippen molar-refractivity contribution in [1.82, 2.24) is 14.5 Å². The molecule has 7 heteroatoms. The second-order valence-electron chi connectivity index (χ2n) is 9.29. The normalized spacial score (nSPS) is 11.9. The summed E-state index contributed by atoms with van der Waals surface area (Å²) in [4.78, 5) is 34.8. The van der Waals surface area contributed by atoms with Gasteiger partial charge in [-0.15, -0.1) is 0 Å².